The van der Waals surface area contributed by atoms with Crippen molar-refractivity contribution in [3.8, 4) is 56.2 Å². The van der Waals surface area contributed by atoms with E-state index in [1.807, 2.05) is 17.8 Å². The number of fused-ring (bicyclic) bond motifs is 9. The molecule has 1 aliphatic carbocycles. The van der Waals surface area contributed by atoms with Crippen molar-refractivity contribution in [2.75, 3.05) is 0 Å². The summed E-state index contributed by atoms with van der Waals surface area (Å²) in [5, 5.41) is 0. The number of hydrogen-bond acceptors (Lipinski definition) is 3. The van der Waals surface area contributed by atoms with Crippen molar-refractivity contribution in [3.63, 3.8) is 0 Å². The normalized spacial score (nSPS) is 13.3. The van der Waals surface area contributed by atoms with Crippen molar-refractivity contribution < 1.29 is 0 Å². The first kappa shape index (κ1) is 28.9. The lowest BCUT2D eigenvalue weighted by atomic mass is 9.67. The lowest BCUT2D eigenvalue weighted by Gasteiger charge is -2.39. The Hall–Kier alpha value is -6.03. The molecular weight excluding hydrogens is 625 g/mol. The highest BCUT2D eigenvalue weighted by Crippen LogP contribution is 2.62. The van der Waals surface area contributed by atoms with E-state index in [9.17, 15) is 0 Å². The Balaban J connectivity index is 1.17. The molecule has 50 heavy (non-hydrogen) atoms. The smallest absolute Gasteiger partial charge is 0.160 e. The van der Waals surface area contributed by atoms with Crippen molar-refractivity contribution in [1.29, 1.82) is 0 Å². The summed E-state index contributed by atoms with van der Waals surface area (Å²) in [6.07, 6.45) is 0. The Morgan fingerprint density at radius 3 is 1.60 bits per heavy atom. The predicted octanol–water partition coefficient (Wildman–Crippen LogP) is 12.0. The minimum absolute atomic E-state index is 0.404. The SMILES string of the molecule is c1ccc(-c2cccc(-c3cc(-c4ccccc4)nc(-c4ccc5c(c4)Sc4ccccc4C54c5ccccc5-c5ccccc54)n3)c2)cc1. The van der Waals surface area contributed by atoms with Gasteiger partial charge < -0.3 is 0 Å². The van der Waals surface area contributed by atoms with Crippen LogP contribution >= 0.6 is 11.8 Å². The van der Waals surface area contributed by atoms with E-state index in [0.717, 1.165) is 39.5 Å². The molecule has 0 saturated heterocycles. The highest BCUT2D eigenvalue weighted by molar-refractivity contribution is 7.99. The largest absolute Gasteiger partial charge is 0.228 e. The van der Waals surface area contributed by atoms with Crippen LogP contribution in [0, 0.1) is 0 Å². The molecule has 7 aromatic carbocycles. The van der Waals surface area contributed by atoms with Crippen LogP contribution in [0.25, 0.3) is 56.2 Å². The molecular formula is C47H30N2S. The zero-order valence-electron chi connectivity index (χ0n) is 27.1. The van der Waals surface area contributed by atoms with Gasteiger partial charge in [0.05, 0.1) is 16.8 Å². The van der Waals surface area contributed by atoms with Crippen molar-refractivity contribution in [2.24, 2.45) is 0 Å². The van der Waals surface area contributed by atoms with Crippen LogP contribution in [0.5, 0.6) is 0 Å². The van der Waals surface area contributed by atoms with Gasteiger partial charge in [-0.15, -0.1) is 0 Å². The zero-order chi connectivity index (χ0) is 33.1. The first-order valence-corrected chi connectivity index (χ1v) is 17.8. The molecule has 2 nitrogen and oxygen atoms in total. The van der Waals surface area contributed by atoms with Crippen LogP contribution in [0.2, 0.25) is 0 Å². The van der Waals surface area contributed by atoms with Crippen molar-refractivity contribution >= 4 is 11.8 Å². The van der Waals surface area contributed by atoms with Gasteiger partial charge in [-0.2, -0.15) is 0 Å². The Labute approximate surface area is 296 Å². The van der Waals surface area contributed by atoms with E-state index in [1.165, 1.54) is 48.7 Å². The standard InChI is InChI=1S/C47H30N2S/c1-3-14-31(15-4-1)33-18-13-19-34(28-33)43-30-42(32-16-5-2-6-17-32)48-46(49-43)35-26-27-41-45(29-35)50-44-25-12-11-24-40(44)47(41)38-22-9-7-20-36(38)37-21-8-10-23-39(37)47/h1-30H. The fourth-order valence-corrected chi connectivity index (χ4v) is 9.20. The second kappa shape index (κ2) is 11.5. The van der Waals surface area contributed by atoms with Crippen molar-refractivity contribution in [2.45, 2.75) is 15.2 Å². The topological polar surface area (TPSA) is 25.8 Å². The van der Waals surface area contributed by atoms with Gasteiger partial charge in [-0.1, -0.05) is 169 Å². The summed E-state index contributed by atoms with van der Waals surface area (Å²) in [6.45, 7) is 0. The third-order valence-corrected chi connectivity index (χ3v) is 11.3. The first-order valence-electron chi connectivity index (χ1n) is 17.0. The number of benzene rings is 7. The van der Waals surface area contributed by atoms with Crippen LogP contribution in [0.4, 0.5) is 0 Å². The summed E-state index contributed by atoms with van der Waals surface area (Å²) in [7, 11) is 0. The first-order chi connectivity index (χ1) is 24.8. The van der Waals surface area contributed by atoms with Crippen LogP contribution < -0.4 is 0 Å². The maximum Gasteiger partial charge on any atom is 0.160 e. The fourth-order valence-electron chi connectivity index (χ4n) is 7.97. The molecule has 8 aromatic rings. The van der Waals surface area contributed by atoms with Gasteiger partial charge in [0.2, 0.25) is 0 Å². The number of aromatic nitrogens is 2. The van der Waals surface area contributed by atoms with E-state index in [2.05, 4.69) is 176 Å². The molecule has 0 fully saturated rings. The maximum atomic E-state index is 5.27. The molecule has 0 atom stereocenters. The summed E-state index contributed by atoms with van der Waals surface area (Å²) in [5.41, 5.74) is 14.8. The Kier molecular flexibility index (Phi) is 6.68. The second-order valence-electron chi connectivity index (χ2n) is 12.9. The summed E-state index contributed by atoms with van der Waals surface area (Å²) in [6, 6.07) is 65.4. The Morgan fingerprint density at radius 1 is 0.340 bits per heavy atom. The molecule has 0 N–H and O–H groups in total. The lowest BCUT2D eigenvalue weighted by Crippen LogP contribution is -2.31. The third-order valence-electron chi connectivity index (χ3n) is 10.2. The lowest BCUT2D eigenvalue weighted by molar-refractivity contribution is 0.722. The number of rotatable bonds is 4. The molecule has 0 bridgehead atoms. The van der Waals surface area contributed by atoms with Crippen LogP contribution in [0.1, 0.15) is 22.3 Å². The average molecular weight is 655 g/mol. The maximum absolute atomic E-state index is 5.27. The minimum atomic E-state index is -0.404. The van der Waals surface area contributed by atoms with Crippen LogP contribution in [0.3, 0.4) is 0 Å². The van der Waals surface area contributed by atoms with Gasteiger partial charge in [0, 0.05) is 26.5 Å². The molecule has 1 aromatic heterocycles. The summed E-state index contributed by atoms with van der Waals surface area (Å²) >= 11 is 1.85. The minimum Gasteiger partial charge on any atom is -0.228 e. The molecule has 0 amide bonds. The van der Waals surface area contributed by atoms with Crippen molar-refractivity contribution in [1.82, 2.24) is 9.97 Å². The summed E-state index contributed by atoms with van der Waals surface area (Å²) < 4.78 is 0. The van der Waals surface area contributed by atoms with Gasteiger partial charge in [0.25, 0.3) is 0 Å². The van der Waals surface area contributed by atoms with E-state index >= 15 is 0 Å². The highest BCUT2D eigenvalue weighted by atomic mass is 32.2. The zero-order valence-corrected chi connectivity index (χ0v) is 27.9. The molecule has 0 saturated carbocycles. The van der Waals surface area contributed by atoms with E-state index in [1.54, 1.807) is 0 Å². The quantitative estimate of drug-likeness (QED) is 0.189. The van der Waals surface area contributed by atoms with Crippen LogP contribution in [-0.4, -0.2) is 9.97 Å². The van der Waals surface area contributed by atoms with Gasteiger partial charge in [-0.05, 0) is 68.8 Å². The molecule has 2 heterocycles. The van der Waals surface area contributed by atoms with Gasteiger partial charge in [0.15, 0.2) is 5.82 Å². The van der Waals surface area contributed by atoms with Gasteiger partial charge in [0.1, 0.15) is 0 Å². The molecule has 234 valence electrons. The highest BCUT2D eigenvalue weighted by Gasteiger charge is 2.50. The molecule has 0 radical (unpaired) electrons. The number of hydrogen-bond donors (Lipinski definition) is 0. The van der Waals surface area contributed by atoms with Crippen LogP contribution in [0.15, 0.2) is 192 Å². The van der Waals surface area contributed by atoms with Gasteiger partial charge in [-0.3, -0.25) is 0 Å². The van der Waals surface area contributed by atoms with Crippen LogP contribution in [-0.2, 0) is 5.41 Å². The molecule has 1 aliphatic heterocycles. The van der Waals surface area contributed by atoms with E-state index in [-0.39, 0.29) is 0 Å². The monoisotopic (exact) mass is 654 g/mol. The Bertz CT molecular complexity index is 2530. The Morgan fingerprint density at radius 2 is 0.880 bits per heavy atom. The van der Waals surface area contributed by atoms with E-state index < -0.39 is 5.41 Å². The molecule has 10 rings (SSSR count). The second-order valence-corrected chi connectivity index (χ2v) is 14.0. The molecule has 3 heteroatoms. The fraction of sp³-hybridized carbons (Fsp3) is 0.0213. The average Bonchev–Trinajstić information content (AvgIpc) is 3.49. The van der Waals surface area contributed by atoms with Gasteiger partial charge in [-0.25, -0.2) is 9.97 Å². The van der Waals surface area contributed by atoms with E-state index in [0.29, 0.717) is 0 Å². The van der Waals surface area contributed by atoms with Crippen molar-refractivity contribution in [3.05, 3.63) is 204 Å². The predicted molar refractivity (Wildman–Crippen MR) is 205 cm³/mol. The molecule has 0 unspecified atom stereocenters. The summed E-state index contributed by atoms with van der Waals surface area (Å²) in [5.74, 6) is 0.718. The summed E-state index contributed by atoms with van der Waals surface area (Å²) in [4.78, 5) is 13.0. The molecule has 2 aliphatic rings. The number of nitrogens with zero attached hydrogens (tertiary/aromatic N) is 2. The van der Waals surface area contributed by atoms with Gasteiger partial charge >= 0.3 is 0 Å². The third kappa shape index (κ3) is 4.44. The van der Waals surface area contributed by atoms with E-state index in [4.69, 9.17) is 9.97 Å². The molecule has 1 spiro atoms.